The van der Waals surface area contributed by atoms with Crippen molar-refractivity contribution in [2.24, 2.45) is 0 Å². The highest BCUT2D eigenvalue weighted by Crippen LogP contribution is 2.29. The fraction of sp³-hybridized carbons (Fsp3) is 0.250. The Hall–Kier alpha value is -3.74. The SMILES string of the molecule is C[C@@H]1CC[C@@H](Oc2nccc3ccccc23)CN1C(=O)c1ccccc1-c1ncn[nH]1. The third-order valence-corrected chi connectivity index (χ3v) is 5.84. The van der Waals surface area contributed by atoms with E-state index < -0.39 is 0 Å². The summed E-state index contributed by atoms with van der Waals surface area (Å²) in [7, 11) is 0. The van der Waals surface area contributed by atoms with Crippen molar-refractivity contribution in [2.75, 3.05) is 6.54 Å². The number of aromatic amines is 1. The molecule has 4 aromatic rings. The van der Waals surface area contributed by atoms with Gasteiger partial charge in [-0.25, -0.2) is 9.97 Å². The van der Waals surface area contributed by atoms with Gasteiger partial charge in [-0.3, -0.25) is 9.89 Å². The third-order valence-electron chi connectivity index (χ3n) is 5.84. The topological polar surface area (TPSA) is 84.0 Å². The number of fused-ring (bicyclic) bond motifs is 1. The number of ether oxygens (including phenoxy) is 1. The van der Waals surface area contributed by atoms with E-state index in [0.29, 0.717) is 23.8 Å². The molecule has 1 aliphatic heterocycles. The number of pyridine rings is 1. The largest absolute Gasteiger partial charge is 0.472 e. The first-order valence-corrected chi connectivity index (χ1v) is 10.5. The lowest BCUT2D eigenvalue weighted by Crippen LogP contribution is -2.49. The zero-order valence-electron chi connectivity index (χ0n) is 17.2. The molecule has 0 aliphatic carbocycles. The zero-order valence-corrected chi connectivity index (χ0v) is 17.2. The van der Waals surface area contributed by atoms with Crippen molar-refractivity contribution in [2.45, 2.75) is 31.9 Å². The maximum atomic E-state index is 13.5. The van der Waals surface area contributed by atoms with Crippen molar-refractivity contribution >= 4 is 16.7 Å². The average molecular weight is 413 g/mol. The van der Waals surface area contributed by atoms with Gasteiger partial charge in [0, 0.05) is 23.2 Å². The van der Waals surface area contributed by atoms with Gasteiger partial charge in [-0.05, 0) is 43.4 Å². The number of carbonyl (C=O) groups is 1. The lowest BCUT2D eigenvalue weighted by atomic mass is 9.98. The summed E-state index contributed by atoms with van der Waals surface area (Å²) in [6.07, 6.45) is 4.84. The molecule has 7 nitrogen and oxygen atoms in total. The average Bonchev–Trinajstić information content (AvgIpc) is 3.35. The number of aromatic nitrogens is 4. The van der Waals surface area contributed by atoms with Crippen molar-refractivity contribution in [3.63, 3.8) is 0 Å². The molecule has 2 atom stereocenters. The van der Waals surface area contributed by atoms with Gasteiger partial charge in [-0.1, -0.05) is 36.4 Å². The number of nitrogens with one attached hydrogen (secondary N) is 1. The second-order valence-corrected chi connectivity index (χ2v) is 7.84. The van der Waals surface area contributed by atoms with Gasteiger partial charge in [-0.15, -0.1) is 0 Å². The van der Waals surface area contributed by atoms with Gasteiger partial charge < -0.3 is 9.64 Å². The number of likely N-dealkylation sites (tertiary alicyclic amines) is 1. The van der Waals surface area contributed by atoms with Crippen LogP contribution >= 0.6 is 0 Å². The Bertz CT molecular complexity index is 1200. The Labute approximate surface area is 180 Å². The second kappa shape index (κ2) is 8.18. The van der Waals surface area contributed by atoms with Gasteiger partial charge in [0.25, 0.3) is 5.91 Å². The summed E-state index contributed by atoms with van der Waals surface area (Å²) in [4.78, 5) is 24.1. The minimum Gasteiger partial charge on any atom is -0.472 e. The monoisotopic (exact) mass is 413 g/mol. The van der Waals surface area contributed by atoms with Gasteiger partial charge in [0.2, 0.25) is 5.88 Å². The molecule has 0 radical (unpaired) electrons. The summed E-state index contributed by atoms with van der Waals surface area (Å²) in [6, 6.07) is 17.6. The molecular weight excluding hydrogens is 390 g/mol. The number of nitrogens with zero attached hydrogens (tertiary/aromatic N) is 4. The van der Waals surface area contributed by atoms with Crippen LogP contribution < -0.4 is 4.74 Å². The third kappa shape index (κ3) is 3.74. The Morgan fingerprint density at radius 3 is 2.77 bits per heavy atom. The molecule has 2 aromatic heterocycles. The predicted octanol–water partition coefficient (Wildman–Crippen LogP) is 4.09. The van der Waals surface area contributed by atoms with E-state index in [4.69, 9.17) is 4.74 Å². The molecule has 1 aliphatic rings. The summed E-state index contributed by atoms with van der Waals surface area (Å²) >= 11 is 0. The number of H-pyrrole nitrogens is 1. The molecule has 0 saturated carbocycles. The van der Waals surface area contributed by atoms with Crippen molar-refractivity contribution in [3.05, 3.63) is 72.7 Å². The molecule has 156 valence electrons. The van der Waals surface area contributed by atoms with Gasteiger partial charge >= 0.3 is 0 Å². The van der Waals surface area contributed by atoms with Gasteiger partial charge in [0.05, 0.1) is 12.1 Å². The fourth-order valence-electron chi connectivity index (χ4n) is 4.16. The summed E-state index contributed by atoms with van der Waals surface area (Å²) < 4.78 is 6.30. The summed E-state index contributed by atoms with van der Waals surface area (Å²) in [5.41, 5.74) is 1.35. The molecule has 7 heteroatoms. The van der Waals surface area contributed by atoms with Crippen LogP contribution in [0.3, 0.4) is 0 Å². The van der Waals surface area contributed by atoms with Crippen LogP contribution in [0.4, 0.5) is 0 Å². The Balaban J connectivity index is 1.40. The molecule has 0 unspecified atom stereocenters. The van der Waals surface area contributed by atoms with E-state index in [2.05, 4.69) is 27.1 Å². The van der Waals surface area contributed by atoms with Crippen LogP contribution in [0.2, 0.25) is 0 Å². The minimum atomic E-state index is -0.115. The van der Waals surface area contributed by atoms with Crippen LogP contribution in [0.1, 0.15) is 30.1 Å². The molecule has 1 fully saturated rings. The molecule has 1 N–H and O–H groups in total. The summed E-state index contributed by atoms with van der Waals surface area (Å²) in [5.74, 6) is 1.17. The quantitative estimate of drug-likeness (QED) is 0.545. The van der Waals surface area contributed by atoms with Crippen molar-refractivity contribution in [1.29, 1.82) is 0 Å². The number of piperidine rings is 1. The molecule has 3 heterocycles. The van der Waals surface area contributed by atoms with E-state index in [1.54, 1.807) is 6.20 Å². The molecule has 0 bridgehead atoms. The first-order valence-electron chi connectivity index (χ1n) is 10.5. The maximum absolute atomic E-state index is 13.5. The van der Waals surface area contributed by atoms with Crippen LogP contribution in [0, 0.1) is 0 Å². The maximum Gasteiger partial charge on any atom is 0.254 e. The van der Waals surface area contributed by atoms with Crippen molar-refractivity contribution < 1.29 is 9.53 Å². The van der Waals surface area contributed by atoms with Gasteiger partial charge in [0.1, 0.15) is 12.4 Å². The van der Waals surface area contributed by atoms with Crippen molar-refractivity contribution in [3.8, 4) is 17.3 Å². The Morgan fingerprint density at radius 2 is 1.90 bits per heavy atom. The highest BCUT2D eigenvalue weighted by atomic mass is 16.5. The van der Waals surface area contributed by atoms with E-state index in [1.807, 2.05) is 59.5 Å². The van der Waals surface area contributed by atoms with E-state index >= 15 is 0 Å². The standard InChI is InChI=1S/C24H23N5O2/c1-16-10-11-18(31-23-19-7-3-2-6-17(19)12-13-25-23)14-29(16)24(30)21-9-5-4-8-20(21)22-26-15-27-28-22/h2-9,12-13,15-16,18H,10-11,14H2,1H3,(H,26,27,28)/t16-,18-/m1/s1. The van der Waals surface area contributed by atoms with Crippen LogP contribution in [0.15, 0.2) is 67.1 Å². The summed E-state index contributed by atoms with van der Waals surface area (Å²) in [5, 5.41) is 8.85. The van der Waals surface area contributed by atoms with Crippen molar-refractivity contribution in [1.82, 2.24) is 25.1 Å². The number of carbonyl (C=O) groups excluding carboxylic acids is 1. The van der Waals surface area contributed by atoms with E-state index in [-0.39, 0.29) is 18.1 Å². The highest BCUT2D eigenvalue weighted by molar-refractivity contribution is 6.00. The Kier molecular flexibility index (Phi) is 5.08. The normalized spacial score (nSPS) is 18.8. The van der Waals surface area contributed by atoms with E-state index in [0.717, 1.165) is 29.2 Å². The molecule has 5 rings (SSSR count). The predicted molar refractivity (Wildman–Crippen MR) is 118 cm³/mol. The molecule has 1 saturated heterocycles. The second-order valence-electron chi connectivity index (χ2n) is 7.84. The first-order chi connectivity index (χ1) is 15.2. The fourth-order valence-corrected chi connectivity index (χ4v) is 4.16. The lowest BCUT2D eigenvalue weighted by molar-refractivity contribution is 0.0378. The molecule has 0 spiro atoms. The first kappa shape index (κ1) is 19.2. The molecular formula is C24H23N5O2. The summed E-state index contributed by atoms with van der Waals surface area (Å²) in [6.45, 7) is 2.59. The molecule has 2 aromatic carbocycles. The number of benzene rings is 2. The number of amides is 1. The minimum absolute atomic E-state index is 0.0290. The molecule has 31 heavy (non-hydrogen) atoms. The smallest absolute Gasteiger partial charge is 0.254 e. The number of hydrogen-bond acceptors (Lipinski definition) is 5. The highest BCUT2D eigenvalue weighted by Gasteiger charge is 2.32. The number of hydrogen-bond donors (Lipinski definition) is 1. The van der Waals surface area contributed by atoms with Gasteiger partial charge in [-0.2, -0.15) is 5.10 Å². The van der Waals surface area contributed by atoms with E-state index in [1.165, 1.54) is 6.33 Å². The lowest BCUT2D eigenvalue weighted by Gasteiger charge is -2.38. The van der Waals surface area contributed by atoms with Gasteiger partial charge in [0.15, 0.2) is 5.82 Å². The van der Waals surface area contributed by atoms with Crippen LogP contribution in [-0.4, -0.2) is 49.7 Å². The van der Waals surface area contributed by atoms with E-state index in [9.17, 15) is 4.79 Å². The Morgan fingerprint density at radius 1 is 1.06 bits per heavy atom. The van der Waals surface area contributed by atoms with Crippen LogP contribution in [-0.2, 0) is 0 Å². The molecule has 1 amide bonds. The zero-order chi connectivity index (χ0) is 21.2. The van der Waals surface area contributed by atoms with Crippen LogP contribution in [0.5, 0.6) is 5.88 Å². The number of rotatable bonds is 4. The van der Waals surface area contributed by atoms with Crippen LogP contribution in [0.25, 0.3) is 22.2 Å².